The van der Waals surface area contributed by atoms with Crippen LogP contribution in [0.15, 0.2) is 43.5 Å². The number of piperidine rings is 1. The average Bonchev–Trinajstić information content (AvgIpc) is 3.34. The van der Waals surface area contributed by atoms with Crippen LogP contribution >= 0.6 is 0 Å². The van der Waals surface area contributed by atoms with Crippen LogP contribution in [0.5, 0.6) is 5.88 Å². The fourth-order valence-electron chi connectivity index (χ4n) is 3.42. The Morgan fingerprint density at radius 1 is 1.41 bits per heavy atom. The minimum atomic E-state index is -0.0189. The lowest BCUT2D eigenvalue weighted by Crippen LogP contribution is -2.40. The largest absolute Gasteiger partial charge is 0.476 e. The number of rotatable bonds is 5. The number of carbonyl (C=O) groups excluding carboxylic acids is 1. The van der Waals surface area contributed by atoms with Gasteiger partial charge in [0, 0.05) is 37.8 Å². The number of fused-ring (bicyclic) bond motifs is 1. The van der Waals surface area contributed by atoms with Gasteiger partial charge in [0.1, 0.15) is 5.52 Å². The third-order valence-electron chi connectivity index (χ3n) is 4.82. The van der Waals surface area contributed by atoms with E-state index >= 15 is 0 Å². The first-order valence-corrected chi connectivity index (χ1v) is 9.01. The molecule has 8 heteroatoms. The first kappa shape index (κ1) is 17.3. The summed E-state index contributed by atoms with van der Waals surface area (Å²) in [5.41, 5.74) is 2.47. The van der Waals surface area contributed by atoms with Gasteiger partial charge in [-0.1, -0.05) is 6.58 Å². The van der Waals surface area contributed by atoms with E-state index in [4.69, 9.17) is 4.74 Å². The Morgan fingerprint density at radius 3 is 3.07 bits per heavy atom. The number of nitrogens with zero attached hydrogens (tertiary/aromatic N) is 6. The normalized spacial score (nSPS) is 17.2. The first-order valence-electron chi connectivity index (χ1n) is 9.01. The second-order valence-corrected chi connectivity index (χ2v) is 6.80. The lowest BCUT2D eigenvalue weighted by molar-refractivity contribution is -0.127. The van der Waals surface area contributed by atoms with Gasteiger partial charge in [0.15, 0.2) is 0 Å². The molecule has 0 aliphatic carbocycles. The van der Waals surface area contributed by atoms with Gasteiger partial charge in [0.2, 0.25) is 11.8 Å². The second kappa shape index (κ2) is 7.22. The molecule has 1 amide bonds. The van der Waals surface area contributed by atoms with Crippen molar-refractivity contribution in [1.82, 2.24) is 29.3 Å². The number of carbonyl (C=O) groups is 1. The zero-order chi connectivity index (χ0) is 18.8. The Hall–Kier alpha value is -3.16. The fourth-order valence-corrected chi connectivity index (χ4v) is 3.42. The van der Waals surface area contributed by atoms with Crippen molar-refractivity contribution in [1.29, 1.82) is 0 Å². The molecule has 3 aromatic rings. The first-order chi connectivity index (χ1) is 13.1. The Bertz CT molecular complexity index is 976. The Balaban J connectivity index is 1.54. The van der Waals surface area contributed by atoms with Crippen LogP contribution in [0.2, 0.25) is 0 Å². The Morgan fingerprint density at radius 2 is 2.30 bits per heavy atom. The standard InChI is InChI=1S/C19H22N6O2/c1-3-18(26)24-8-4-5-14(10-24)13-27-19-17-6-7-20-25(17)12-16(22-19)15-9-21-23(2)11-15/h3,6-7,9,11-12,14H,1,4-5,8,10,13H2,2H3/t14-/m0/s1. The summed E-state index contributed by atoms with van der Waals surface area (Å²) in [4.78, 5) is 18.4. The third-order valence-corrected chi connectivity index (χ3v) is 4.82. The summed E-state index contributed by atoms with van der Waals surface area (Å²) in [7, 11) is 1.87. The van der Waals surface area contributed by atoms with Crippen LogP contribution in [-0.4, -0.2) is 54.9 Å². The smallest absolute Gasteiger partial charge is 0.245 e. The van der Waals surface area contributed by atoms with Gasteiger partial charge in [-0.25, -0.2) is 9.50 Å². The highest BCUT2D eigenvalue weighted by atomic mass is 16.5. The van der Waals surface area contributed by atoms with E-state index in [1.54, 1.807) is 21.6 Å². The lowest BCUT2D eigenvalue weighted by atomic mass is 9.99. The van der Waals surface area contributed by atoms with Gasteiger partial charge in [0.25, 0.3) is 0 Å². The average molecular weight is 366 g/mol. The van der Waals surface area contributed by atoms with E-state index in [9.17, 15) is 4.79 Å². The monoisotopic (exact) mass is 366 g/mol. The van der Waals surface area contributed by atoms with E-state index in [1.165, 1.54) is 6.08 Å². The maximum absolute atomic E-state index is 11.9. The van der Waals surface area contributed by atoms with Crippen molar-refractivity contribution in [3.05, 3.63) is 43.5 Å². The molecule has 0 aromatic carbocycles. The molecule has 0 unspecified atom stereocenters. The minimum Gasteiger partial charge on any atom is -0.476 e. The van der Waals surface area contributed by atoms with Crippen molar-refractivity contribution in [3.8, 4) is 17.1 Å². The maximum atomic E-state index is 11.9. The van der Waals surface area contributed by atoms with E-state index in [1.807, 2.05) is 30.4 Å². The molecule has 1 fully saturated rings. The van der Waals surface area contributed by atoms with Crippen LogP contribution in [0.1, 0.15) is 12.8 Å². The Labute approximate surface area is 157 Å². The van der Waals surface area contributed by atoms with Crippen LogP contribution in [0.25, 0.3) is 16.8 Å². The number of ether oxygens (including phenoxy) is 1. The van der Waals surface area contributed by atoms with Gasteiger partial charge in [-0.05, 0) is 25.0 Å². The minimum absolute atomic E-state index is 0.0189. The predicted octanol–water partition coefficient (Wildman–Crippen LogP) is 1.93. The van der Waals surface area contributed by atoms with E-state index in [-0.39, 0.29) is 11.8 Å². The van der Waals surface area contributed by atoms with Crippen molar-refractivity contribution >= 4 is 11.4 Å². The molecule has 3 aromatic heterocycles. The fraction of sp³-hybridized carbons (Fsp3) is 0.368. The van der Waals surface area contributed by atoms with Gasteiger partial charge in [-0.2, -0.15) is 10.2 Å². The highest BCUT2D eigenvalue weighted by Gasteiger charge is 2.23. The van der Waals surface area contributed by atoms with Crippen molar-refractivity contribution in [2.75, 3.05) is 19.7 Å². The molecule has 1 aliphatic heterocycles. The topological polar surface area (TPSA) is 77.6 Å². The van der Waals surface area contributed by atoms with Gasteiger partial charge >= 0.3 is 0 Å². The van der Waals surface area contributed by atoms with Crippen LogP contribution in [0.4, 0.5) is 0 Å². The molecule has 8 nitrogen and oxygen atoms in total. The maximum Gasteiger partial charge on any atom is 0.245 e. The number of hydrogen-bond acceptors (Lipinski definition) is 5. The van der Waals surface area contributed by atoms with E-state index in [2.05, 4.69) is 21.8 Å². The third kappa shape index (κ3) is 3.55. The van der Waals surface area contributed by atoms with Gasteiger partial charge in [0.05, 0.1) is 30.9 Å². The molecule has 0 radical (unpaired) electrons. The highest BCUT2D eigenvalue weighted by molar-refractivity contribution is 5.87. The molecular formula is C19H22N6O2. The van der Waals surface area contributed by atoms with Gasteiger partial charge in [-0.15, -0.1) is 0 Å². The summed E-state index contributed by atoms with van der Waals surface area (Å²) in [6, 6.07) is 1.88. The molecular weight excluding hydrogens is 344 g/mol. The van der Waals surface area contributed by atoms with Crippen LogP contribution in [0, 0.1) is 5.92 Å². The van der Waals surface area contributed by atoms with E-state index in [0.717, 1.165) is 36.2 Å². The van der Waals surface area contributed by atoms with Gasteiger partial charge in [-0.3, -0.25) is 9.48 Å². The number of likely N-dealkylation sites (tertiary alicyclic amines) is 1. The summed E-state index contributed by atoms with van der Waals surface area (Å²) in [6.07, 6.45) is 10.6. The molecule has 4 heterocycles. The molecule has 1 aliphatic rings. The quantitative estimate of drug-likeness (QED) is 0.645. The van der Waals surface area contributed by atoms with Crippen LogP contribution in [0.3, 0.4) is 0 Å². The molecule has 4 rings (SSSR count). The summed E-state index contributed by atoms with van der Waals surface area (Å²) >= 11 is 0. The zero-order valence-electron chi connectivity index (χ0n) is 15.3. The summed E-state index contributed by atoms with van der Waals surface area (Å²) in [6.45, 7) is 5.54. The molecule has 27 heavy (non-hydrogen) atoms. The summed E-state index contributed by atoms with van der Waals surface area (Å²) < 4.78 is 9.58. The second-order valence-electron chi connectivity index (χ2n) is 6.80. The van der Waals surface area contributed by atoms with Crippen LogP contribution < -0.4 is 4.74 Å². The summed E-state index contributed by atoms with van der Waals surface area (Å²) in [5, 5.41) is 8.52. The van der Waals surface area contributed by atoms with E-state index < -0.39 is 0 Å². The lowest BCUT2D eigenvalue weighted by Gasteiger charge is -2.31. The van der Waals surface area contributed by atoms with E-state index in [0.29, 0.717) is 19.0 Å². The SMILES string of the molecule is C=CC(=O)N1CCC[C@H](COc2nc(-c3cnn(C)c3)cn3nccc23)C1. The number of hydrogen-bond donors (Lipinski definition) is 0. The van der Waals surface area contributed by atoms with Gasteiger partial charge < -0.3 is 9.64 Å². The molecule has 0 spiro atoms. The molecule has 0 bridgehead atoms. The van der Waals surface area contributed by atoms with Crippen molar-refractivity contribution < 1.29 is 9.53 Å². The molecule has 0 N–H and O–H groups in total. The van der Waals surface area contributed by atoms with Crippen LogP contribution in [-0.2, 0) is 11.8 Å². The molecule has 1 atom stereocenters. The number of aryl methyl sites for hydroxylation is 1. The molecule has 0 saturated carbocycles. The van der Waals surface area contributed by atoms with Crippen molar-refractivity contribution in [3.63, 3.8) is 0 Å². The van der Waals surface area contributed by atoms with Crippen molar-refractivity contribution in [2.45, 2.75) is 12.8 Å². The number of aromatic nitrogens is 5. The predicted molar refractivity (Wildman–Crippen MR) is 100 cm³/mol. The highest BCUT2D eigenvalue weighted by Crippen LogP contribution is 2.25. The number of amides is 1. The zero-order valence-corrected chi connectivity index (χ0v) is 15.3. The summed E-state index contributed by atoms with van der Waals surface area (Å²) in [5.74, 6) is 0.796. The Kier molecular flexibility index (Phi) is 4.62. The molecule has 140 valence electrons. The molecule has 1 saturated heterocycles. The van der Waals surface area contributed by atoms with Crippen molar-refractivity contribution in [2.24, 2.45) is 13.0 Å².